The van der Waals surface area contributed by atoms with Crippen molar-refractivity contribution in [2.24, 2.45) is 5.73 Å². The van der Waals surface area contributed by atoms with Crippen LogP contribution in [0.2, 0.25) is 0 Å². The van der Waals surface area contributed by atoms with Gasteiger partial charge in [-0.25, -0.2) is 9.97 Å². The summed E-state index contributed by atoms with van der Waals surface area (Å²) in [4.78, 5) is 8.13. The van der Waals surface area contributed by atoms with Crippen LogP contribution in [0.4, 0.5) is 5.82 Å². The third-order valence-corrected chi connectivity index (χ3v) is 4.17. The van der Waals surface area contributed by atoms with E-state index in [2.05, 4.69) is 22.0 Å². The van der Waals surface area contributed by atoms with E-state index in [1.165, 1.54) is 17.8 Å². The number of hydrogen-bond donors (Lipinski definition) is 5. The third kappa shape index (κ3) is 2.78. The van der Waals surface area contributed by atoms with E-state index in [0.717, 1.165) is 0 Å². The van der Waals surface area contributed by atoms with Gasteiger partial charge in [0.2, 0.25) is 0 Å². The van der Waals surface area contributed by atoms with Crippen molar-refractivity contribution in [3.8, 4) is 12.0 Å². The first-order valence-electron chi connectivity index (χ1n) is 7.52. The molecule has 0 aromatic carbocycles. The maximum Gasteiger partial charge on any atom is 0.167 e. The zero-order valence-corrected chi connectivity index (χ0v) is 13.5. The number of hydrogen-bond acceptors (Lipinski definition) is 9. The van der Waals surface area contributed by atoms with Crippen LogP contribution in [0, 0.1) is 12.0 Å². The highest BCUT2D eigenvalue weighted by Crippen LogP contribution is 2.40. The van der Waals surface area contributed by atoms with Gasteiger partial charge in [-0.05, 0) is 12.8 Å². The van der Waals surface area contributed by atoms with E-state index in [9.17, 15) is 15.3 Å². The van der Waals surface area contributed by atoms with Gasteiger partial charge in [0.25, 0.3) is 0 Å². The lowest BCUT2D eigenvalue weighted by atomic mass is 9.96. The summed E-state index contributed by atoms with van der Waals surface area (Å²) in [6, 6.07) is 0. The number of rotatable bonds is 3. The average molecular weight is 349 g/mol. The minimum atomic E-state index is -1.67. The summed E-state index contributed by atoms with van der Waals surface area (Å²) in [5.41, 5.74) is 10.3. The van der Waals surface area contributed by atoms with E-state index in [1.807, 2.05) is 0 Å². The van der Waals surface area contributed by atoms with Crippen LogP contribution in [-0.4, -0.2) is 61.0 Å². The summed E-state index contributed by atoms with van der Waals surface area (Å²) in [7, 11) is 0. The first-order valence-corrected chi connectivity index (χ1v) is 7.52. The maximum atomic E-state index is 10.7. The molecule has 25 heavy (non-hydrogen) atoms. The Hall–Kier alpha value is -2.42. The Morgan fingerprint density at radius 2 is 2.24 bits per heavy atom. The smallest absolute Gasteiger partial charge is 0.167 e. The SMILES string of the molecule is C[C@]1(O)C(n2cc(C#COCN)c3c(N)ncnc32)OC(CO)[C@H]1O. The summed E-state index contributed by atoms with van der Waals surface area (Å²) in [5.74, 6) is 2.95. The van der Waals surface area contributed by atoms with Crippen LogP contribution in [0.3, 0.4) is 0 Å². The lowest BCUT2D eigenvalue weighted by Crippen LogP contribution is -2.44. The number of nitrogen functional groups attached to an aromatic ring is 1. The van der Waals surface area contributed by atoms with Crippen molar-refractivity contribution in [2.45, 2.75) is 31.0 Å². The zero-order valence-electron chi connectivity index (χ0n) is 13.5. The van der Waals surface area contributed by atoms with Crippen LogP contribution in [0.1, 0.15) is 18.7 Å². The predicted molar refractivity (Wildman–Crippen MR) is 86.6 cm³/mol. The molecule has 1 aliphatic rings. The Kier molecular flexibility index (Phi) is 4.51. The van der Waals surface area contributed by atoms with Gasteiger partial charge in [-0.15, -0.1) is 0 Å². The normalized spacial score (nSPS) is 28.8. The highest BCUT2D eigenvalue weighted by molar-refractivity contribution is 5.92. The Bertz CT molecular complexity index is 840. The number of fused-ring (bicyclic) bond motifs is 1. The van der Waals surface area contributed by atoms with Gasteiger partial charge in [0.15, 0.2) is 6.23 Å². The van der Waals surface area contributed by atoms with E-state index >= 15 is 0 Å². The number of nitrogens with two attached hydrogens (primary N) is 2. The molecule has 0 spiro atoms. The summed E-state index contributed by atoms with van der Waals surface area (Å²) in [6.45, 7) is 0.904. The van der Waals surface area contributed by atoms with Gasteiger partial charge in [-0.2, -0.15) is 0 Å². The van der Waals surface area contributed by atoms with E-state index in [-0.39, 0.29) is 12.5 Å². The fourth-order valence-electron chi connectivity index (χ4n) is 2.90. The monoisotopic (exact) mass is 349 g/mol. The average Bonchev–Trinajstić information content (AvgIpc) is 3.05. The molecular formula is C15H19N5O5. The number of aromatic nitrogens is 3. The quantitative estimate of drug-likeness (QED) is 0.320. The number of ether oxygens (including phenoxy) is 2. The molecule has 2 aromatic heterocycles. The molecule has 4 atom stereocenters. The van der Waals surface area contributed by atoms with Crippen molar-refractivity contribution in [3.05, 3.63) is 18.1 Å². The van der Waals surface area contributed by atoms with Crippen molar-refractivity contribution in [1.82, 2.24) is 14.5 Å². The van der Waals surface area contributed by atoms with Crippen LogP contribution < -0.4 is 11.5 Å². The number of aliphatic hydroxyl groups is 3. The molecule has 0 bridgehead atoms. The van der Waals surface area contributed by atoms with Gasteiger partial charge < -0.3 is 35.1 Å². The molecule has 0 radical (unpaired) electrons. The van der Waals surface area contributed by atoms with Gasteiger partial charge >= 0.3 is 0 Å². The molecule has 2 aromatic rings. The van der Waals surface area contributed by atoms with Crippen molar-refractivity contribution >= 4 is 16.9 Å². The molecule has 7 N–H and O–H groups in total. The third-order valence-electron chi connectivity index (χ3n) is 4.17. The molecule has 1 fully saturated rings. The summed E-state index contributed by atoms with van der Waals surface area (Å²) in [6.07, 6.45) is 2.03. The zero-order chi connectivity index (χ0) is 18.2. The predicted octanol–water partition coefficient (Wildman–Crippen LogP) is -1.74. The molecular weight excluding hydrogens is 330 g/mol. The minimum absolute atomic E-state index is 0.0670. The number of anilines is 1. The lowest BCUT2D eigenvalue weighted by Gasteiger charge is -2.27. The van der Waals surface area contributed by atoms with Crippen LogP contribution in [0.25, 0.3) is 11.0 Å². The van der Waals surface area contributed by atoms with Gasteiger partial charge in [-0.1, -0.05) is 0 Å². The summed E-state index contributed by atoms with van der Waals surface area (Å²) < 4.78 is 11.9. The first-order chi connectivity index (χ1) is 11.9. The fraction of sp³-hybridized carbons (Fsp3) is 0.467. The number of aliphatic hydroxyl groups excluding tert-OH is 2. The van der Waals surface area contributed by atoms with Crippen LogP contribution in [0.15, 0.2) is 12.5 Å². The minimum Gasteiger partial charge on any atom is -0.431 e. The van der Waals surface area contributed by atoms with E-state index < -0.39 is 30.6 Å². The highest BCUT2D eigenvalue weighted by atomic mass is 16.6. The summed E-state index contributed by atoms with van der Waals surface area (Å²) >= 11 is 0. The maximum absolute atomic E-state index is 10.7. The molecule has 0 amide bonds. The summed E-state index contributed by atoms with van der Waals surface area (Å²) in [5, 5.41) is 30.7. The van der Waals surface area contributed by atoms with Gasteiger partial charge in [0.1, 0.15) is 48.4 Å². The molecule has 134 valence electrons. The largest absolute Gasteiger partial charge is 0.431 e. The Balaban J connectivity index is 2.15. The molecule has 0 saturated carbocycles. The van der Waals surface area contributed by atoms with Gasteiger partial charge in [0.05, 0.1) is 17.6 Å². The molecule has 2 unspecified atom stereocenters. The van der Waals surface area contributed by atoms with Crippen LogP contribution >= 0.6 is 0 Å². The Labute approximate surface area is 143 Å². The van der Waals surface area contributed by atoms with Crippen molar-refractivity contribution in [2.75, 3.05) is 19.1 Å². The van der Waals surface area contributed by atoms with E-state index in [4.69, 9.17) is 20.9 Å². The van der Waals surface area contributed by atoms with Crippen LogP contribution in [0.5, 0.6) is 0 Å². The van der Waals surface area contributed by atoms with Gasteiger partial charge in [-0.3, -0.25) is 5.73 Å². The number of nitrogens with zero attached hydrogens (tertiary/aromatic N) is 3. The van der Waals surface area contributed by atoms with Crippen molar-refractivity contribution in [1.29, 1.82) is 0 Å². The molecule has 1 saturated heterocycles. The molecule has 10 nitrogen and oxygen atoms in total. The second-order valence-electron chi connectivity index (χ2n) is 5.83. The fourth-order valence-corrected chi connectivity index (χ4v) is 2.90. The van der Waals surface area contributed by atoms with Gasteiger partial charge in [0, 0.05) is 6.20 Å². The standard InChI is InChI=1S/C15H19N5O5/c1-15(23)11(22)9(5-21)25-14(15)20-4-8(2-3-24-6-16)10-12(17)18-7-19-13(10)20/h4,7,9,11,14,21-23H,5-6,16H2,1H3,(H2,17,18,19)/t9?,11-,14?,15-/m1/s1. The molecule has 3 rings (SSSR count). The Morgan fingerprint density at radius 3 is 2.88 bits per heavy atom. The highest BCUT2D eigenvalue weighted by Gasteiger charge is 2.53. The Morgan fingerprint density at radius 1 is 1.48 bits per heavy atom. The van der Waals surface area contributed by atoms with E-state index in [1.54, 1.807) is 6.20 Å². The molecule has 10 heteroatoms. The van der Waals surface area contributed by atoms with Crippen LogP contribution in [-0.2, 0) is 9.47 Å². The van der Waals surface area contributed by atoms with Crippen molar-refractivity contribution < 1.29 is 24.8 Å². The molecule has 1 aliphatic heterocycles. The van der Waals surface area contributed by atoms with E-state index in [0.29, 0.717) is 16.6 Å². The molecule has 0 aliphatic carbocycles. The second kappa shape index (κ2) is 6.47. The lowest BCUT2D eigenvalue weighted by molar-refractivity contribution is -0.0948. The first kappa shape index (κ1) is 17.4. The molecule has 3 heterocycles. The second-order valence-corrected chi connectivity index (χ2v) is 5.83. The topological polar surface area (TPSA) is 162 Å². The van der Waals surface area contributed by atoms with Crippen molar-refractivity contribution in [3.63, 3.8) is 0 Å².